The maximum absolute atomic E-state index is 12.6. The van der Waals surface area contributed by atoms with Gasteiger partial charge in [-0.2, -0.15) is 5.26 Å². The third kappa shape index (κ3) is 5.33. The van der Waals surface area contributed by atoms with Gasteiger partial charge in [0.25, 0.3) is 0 Å². The van der Waals surface area contributed by atoms with Crippen LogP contribution in [0.3, 0.4) is 0 Å². The van der Waals surface area contributed by atoms with Crippen LogP contribution in [0.15, 0.2) is 30.5 Å². The molecule has 1 amide bonds. The first kappa shape index (κ1) is 20.5. The molecule has 0 aliphatic rings. The highest BCUT2D eigenvalue weighted by atomic mass is 16.5. The van der Waals surface area contributed by atoms with Gasteiger partial charge in [-0.25, -0.2) is 4.79 Å². The summed E-state index contributed by atoms with van der Waals surface area (Å²) in [6.45, 7) is 6.62. The van der Waals surface area contributed by atoms with Crippen molar-refractivity contribution < 1.29 is 14.3 Å². The average Bonchev–Trinajstić information content (AvgIpc) is 3.02. The second kappa shape index (κ2) is 8.72. The van der Waals surface area contributed by atoms with E-state index in [1.807, 2.05) is 36.5 Å². The lowest BCUT2D eigenvalue weighted by molar-refractivity contribution is -0.152. The van der Waals surface area contributed by atoms with Crippen LogP contribution < -0.4 is 0 Å². The lowest BCUT2D eigenvalue weighted by Crippen LogP contribution is -2.48. The Bertz CT molecular complexity index is 842. The monoisotopic (exact) mass is 369 g/mol. The van der Waals surface area contributed by atoms with Crippen LogP contribution in [-0.4, -0.2) is 41.5 Å². The number of H-pyrrole nitrogens is 1. The zero-order chi connectivity index (χ0) is 20.0. The summed E-state index contributed by atoms with van der Waals surface area (Å²) in [7, 11) is 1.32. The van der Waals surface area contributed by atoms with Gasteiger partial charge in [0.15, 0.2) is 0 Å². The van der Waals surface area contributed by atoms with E-state index in [4.69, 9.17) is 10.00 Å². The number of benzene rings is 1. The van der Waals surface area contributed by atoms with Gasteiger partial charge in [0.2, 0.25) is 5.91 Å². The fourth-order valence-corrected chi connectivity index (χ4v) is 3.04. The number of nitriles is 1. The Hall–Kier alpha value is -2.81. The van der Waals surface area contributed by atoms with Crippen molar-refractivity contribution in [2.45, 2.75) is 46.1 Å². The molecule has 0 aliphatic carbocycles. The molecule has 2 rings (SSSR count). The highest BCUT2D eigenvalue weighted by molar-refractivity contribution is 5.88. The number of aromatic nitrogens is 1. The molecule has 144 valence electrons. The van der Waals surface area contributed by atoms with Crippen LogP contribution in [0.2, 0.25) is 0 Å². The summed E-state index contributed by atoms with van der Waals surface area (Å²) in [5, 5.41) is 9.98. The largest absolute Gasteiger partial charge is 0.467 e. The molecule has 0 aliphatic heterocycles. The first-order chi connectivity index (χ1) is 12.8. The zero-order valence-electron chi connectivity index (χ0n) is 16.4. The van der Waals surface area contributed by atoms with Gasteiger partial charge in [-0.15, -0.1) is 0 Å². The number of carbonyl (C=O) groups excluding carboxylic acids is 2. The molecular weight excluding hydrogens is 342 g/mol. The van der Waals surface area contributed by atoms with Crippen LogP contribution >= 0.6 is 0 Å². The van der Waals surface area contributed by atoms with E-state index < -0.39 is 12.0 Å². The Morgan fingerprint density at radius 3 is 2.63 bits per heavy atom. The molecule has 1 aromatic carbocycles. The smallest absolute Gasteiger partial charge is 0.328 e. The summed E-state index contributed by atoms with van der Waals surface area (Å²) in [5.41, 5.74) is 1.90. The lowest BCUT2D eigenvalue weighted by Gasteiger charge is -2.32. The fourth-order valence-electron chi connectivity index (χ4n) is 3.04. The van der Waals surface area contributed by atoms with Gasteiger partial charge in [-0.3, -0.25) is 4.79 Å². The van der Waals surface area contributed by atoms with Crippen molar-refractivity contribution in [3.05, 3.63) is 36.0 Å². The van der Waals surface area contributed by atoms with Crippen LogP contribution in [0.5, 0.6) is 0 Å². The minimum atomic E-state index is -0.766. The Morgan fingerprint density at radius 1 is 1.30 bits per heavy atom. The number of carbonyl (C=O) groups is 2. The van der Waals surface area contributed by atoms with Gasteiger partial charge in [0.05, 0.1) is 13.2 Å². The van der Waals surface area contributed by atoms with E-state index in [0.717, 1.165) is 16.5 Å². The van der Waals surface area contributed by atoms with Crippen molar-refractivity contribution in [2.75, 3.05) is 13.7 Å². The normalized spacial score (nSPS) is 12.4. The van der Waals surface area contributed by atoms with Gasteiger partial charge in [0, 0.05) is 30.1 Å². The third-order valence-corrected chi connectivity index (χ3v) is 4.59. The van der Waals surface area contributed by atoms with Gasteiger partial charge >= 0.3 is 5.97 Å². The number of methoxy groups -OCH3 is 1. The van der Waals surface area contributed by atoms with E-state index in [1.54, 1.807) is 0 Å². The molecule has 1 heterocycles. The number of nitrogens with zero attached hydrogens (tertiary/aromatic N) is 2. The summed E-state index contributed by atoms with van der Waals surface area (Å²) < 4.78 is 4.99. The Balaban J connectivity index is 2.35. The molecule has 1 N–H and O–H groups in total. The number of aromatic amines is 1. The van der Waals surface area contributed by atoms with Crippen LogP contribution in [0.25, 0.3) is 10.9 Å². The van der Waals surface area contributed by atoms with Crippen LogP contribution in [0.4, 0.5) is 0 Å². The highest BCUT2D eigenvalue weighted by Crippen LogP contribution is 2.24. The predicted octanol–water partition coefficient (Wildman–Crippen LogP) is 3.43. The minimum absolute atomic E-state index is 0.00732. The second-order valence-electron chi connectivity index (χ2n) is 7.84. The maximum Gasteiger partial charge on any atom is 0.328 e. The van der Waals surface area contributed by atoms with Gasteiger partial charge in [-0.05, 0) is 23.5 Å². The zero-order valence-corrected chi connectivity index (χ0v) is 16.4. The summed E-state index contributed by atoms with van der Waals surface area (Å²) in [5.74, 6) is -0.822. The predicted molar refractivity (Wildman–Crippen MR) is 104 cm³/mol. The number of nitrogens with one attached hydrogen (secondary N) is 1. The standard InChI is InChI=1S/C21H27N3O3/c1-21(2,3)10-12-24(19(25)9-11-22)18(20(26)27-4)13-15-14-23-17-8-6-5-7-16(15)17/h5-8,14,18,23H,9-10,12-13H2,1-4H3. The molecule has 0 saturated heterocycles. The van der Waals surface area contributed by atoms with E-state index >= 15 is 0 Å². The average molecular weight is 369 g/mol. The van der Waals surface area contributed by atoms with Crippen molar-refractivity contribution in [2.24, 2.45) is 5.41 Å². The third-order valence-electron chi connectivity index (χ3n) is 4.59. The van der Waals surface area contributed by atoms with Crippen LogP contribution in [0, 0.1) is 16.7 Å². The Kier molecular flexibility index (Phi) is 6.62. The Labute approximate surface area is 160 Å². The van der Waals surface area contributed by atoms with Crippen molar-refractivity contribution in [1.82, 2.24) is 9.88 Å². The summed E-state index contributed by atoms with van der Waals surface area (Å²) >= 11 is 0. The Morgan fingerprint density at radius 2 is 2.00 bits per heavy atom. The molecule has 0 saturated carbocycles. The van der Waals surface area contributed by atoms with Gasteiger partial charge in [0.1, 0.15) is 12.5 Å². The number of fused-ring (bicyclic) bond motifs is 1. The van der Waals surface area contributed by atoms with Gasteiger partial charge < -0.3 is 14.6 Å². The van der Waals surface area contributed by atoms with Crippen LogP contribution in [-0.2, 0) is 20.7 Å². The van der Waals surface area contributed by atoms with E-state index in [-0.39, 0.29) is 17.7 Å². The molecule has 0 radical (unpaired) electrons. The number of hydrogen-bond acceptors (Lipinski definition) is 4. The number of esters is 1. The molecule has 1 aromatic heterocycles. The summed E-state index contributed by atoms with van der Waals surface area (Å²) in [6, 6.07) is 8.94. The molecule has 1 unspecified atom stereocenters. The number of para-hydroxylation sites is 1. The van der Waals surface area contributed by atoms with E-state index in [9.17, 15) is 9.59 Å². The number of amides is 1. The van der Waals surface area contributed by atoms with Gasteiger partial charge in [-0.1, -0.05) is 39.0 Å². The quantitative estimate of drug-likeness (QED) is 0.758. The second-order valence-corrected chi connectivity index (χ2v) is 7.84. The van der Waals surface area contributed by atoms with Crippen LogP contribution in [0.1, 0.15) is 39.2 Å². The molecule has 6 nitrogen and oxygen atoms in total. The SMILES string of the molecule is COC(=O)C(Cc1c[nH]c2ccccc12)N(CCC(C)(C)C)C(=O)CC#N. The van der Waals surface area contributed by atoms with Crippen molar-refractivity contribution >= 4 is 22.8 Å². The first-order valence-corrected chi connectivity index (χ1v) is 9.06. The van der Waals surface area contributed by atoms with E-state index in [2.05, 4.69) is 25.8 Å². The molecule has 0 spiro atoms. The maximum atomic E-state index is 12.6. The van der Waals surface area contributed by atoms with Crippen molar-refractivity contribution in [3.63, 3.8) is 0 Å². The molecule has 1 atom stereocenters. The summed E-state index contributed by atoms with van der Waals surface area (Å²) in [4.78, 5) is 29.8. The highest BCUT2D eigenvalue weighted by Gasteiger charge is 2.32. The first-order valence-electron chi connectivity index (χ1n) is 9.06. The topological polar surface area (TPSA) is 86.2 Å². The molecule has 6 heteroatoms. The molecule has 2 aromatic rings. The number of rotatable bonds is 7. The molecular formula is C21H27N3O3. The van der Waals surface area contributed by atoms with Crippen molar-refractivity contribution in [1.29, 1.82) is 5.26 Å². The minimum Gasteiger partial charge on any atom is -0.467 e. The number of ether oxygens (including phenoxy) is 1. The fraction of sp³-hybridized carbons (Fsp3) is 0.476. The van der Waals surface area contributed by atoms with E-state index in [0.29, 0.717) is 19.4 Å². The lowest BCUT2D eigenvalue weighted by atomic mass is 9.91. The van der Waals surface area contributed by atoms with Crippen molar-refractivity contribution in [3.8, 4) is 6.07 Å². The number of hydrogen-bond donors (Lipinski definition) is 1. The molecule has 0 fully saturated rings. The van der Waals surface area contributed by atoms with E-state index in [1.165, 1.54) is 12.0 Å². The summed E-state index contributed by atoms with van der Waals surface area (Å²) in [6.07, 6.45) is 2.65. The molecule has 27 heavy (non-hydrogen) atoms. The molecule has 0 bridgehead atoms.